The van der Waals surface area contributed by atoms with Crippen molar-refractivity contribution in [1.29, 1.82) is 0 Å². The van der Waals surface area contributed by atoms with Crippen LogP contribution in [0.3, 0.4) is 0 Å². The number of nitrogens with one attached hydrogen (secondary N) is 1. The number of hydrogen-bond acceptors (Lipinski definition) is 5. The fourth-order valence-electron chi connectivity index (χ4n) is 2.84. The van der Waals surface area contributed by atoms with Crippen LogP contribution in [0, 0.1) is 6.92 Å². The Morgan fingerprint density at radius 2 is 2.14 bits per heavy atom. The molecule has 2 heterocycles. The lowest BCUT2D eigenvalue weighted by atomic mass is 10.0. The summed E-state index contributed by atoms with van der Waals surface area (Å²) < 4.78 is 5.06. The van der Waals surface area contributed by atoms with Crippen molar-refractivity contribution >= 4 is 0 Å². The van der Waals surface area contributed by atoms with Gasteiger partial charge in [-0.25, -0.2) is 0 Å². The van der Waals surface area contributed by atoms with Crippen molar-refractivity contribution in [3.8, 4) is 0 Å². The van der Waals surface area contributed by atoms with E-state index in [2.05, 4.69) is 57.6 Å². The molecule has 2 atom stereocenters. The molecule has 5 heteroatoms. The monoisotopic (exact) mass is 286 g/mol. The van der Waals surface area contributed by atoms with E-state index < -0.39 is 0 Å². The third kappa shape index (κ3) is 3.68. The predicted molar refractivity (Wildman–Crippen MR) is 80.8 cm³/mol. The Kier molecular flexibility index (Phi) is 4.31. The summed E-state index contributed by atoms with van der Waals surface area (Å²) >= 11 is 0. The van der Waals surface area contributed by atoms with Crippen molar-refractivity contribution in [3.63, 3.8) is 0 Å². The number of nitrogens with zero attached hydrogens (tertiary/aromatic N) is 3. The molecule has 0 saturated carbocycles. The summed E-state index contributed by atoms with van der Waals surface area (Å²) in [6.45, 7) is 6.82. The van der Waals surface area contributed by atoms with E-state index in [1.807, 2.05) is 6.92 Å². The lowest BCUT2D eigenvalue weighted by Gasteiger charge is -2.38. The lowest BCUT2D eigenvalue weighted by Crippen LogP contribution is -2.55. The van der Waals surface area contributed by atoms with Crippen LogP contribution < -0.4 is 5.32 Å². The molecule has 2 unspecified atom stereocenters. The average molecular weight is 286 g/mol. The van der Waals surface area contributed by atoms with Gasteiger partial charge >= 0.3 is 0 Å². The van der Waals surface area contributed by atoms with Crippen LogP contribution in [0.5, 0.6) is 0 Å². The van der Waals surface area contributed by atoms with Gasteiger partial charge in [-0.05, 0) is 18.9 Å². The maximum absolute atomic E-state index is 5.06. The summed E-state index contributed by atoms with van der Waals surface area (Å²) in [4.78, 5) is 6.73. The van der Waals surface area contributed by atoms with Crippen LogP contribution in [0.2, 0.25) is 0 Å². The minimum atomic E-state index is 0.469. The van der Waals surface area contributed by atoms with Crippen LogP contribution in [0.15, 0.2) is 34.9 Å². The SMILES string of the molecule is Cc1nc(CN2CC(Cc3ccccc3)NCC2C)no1. The zero-order valence-electron chi connectivity index (χ0n) is 12.6. The highest BCUT2D eigenvalue weighted by Gasteiger charge is 2.26. The standard InChI is InChI=1S/C16H22N4O/c1-12-9-17-15(8-14-6-4-3-5-7-14)10-20(12)11-16-18-13(2)21-19-16/h3-7,12,15,17H,8-11H2,1-2H3. The van der Waals surface area contributed by atoms with Crippen LogP contribution in [0.4, 0.5) is 0 Å². The first-order valence-electron chi connectivity index (χ1n) is 7.51. The summed E-state index contributed by atoms with van der Waals surface area (Å²) in [5.41, 5.74) is 1.37. The van der Waals surface area contributed by atoms with Gasteiger partial charge in [-0.3, -0.25) is 4.90 Å². The summed E-state index contributed by atoms with van der Waals surface area (Å²) in [6, 6.07) is 11.6. The van der Waals surface area contributed by atoms with Crippen molar-refractivity contribution in [2.24, 2.45) is 0 Å². The normalized spacial score (nSPS) is 23.3. The molecule has 21 heavy (non-hydrogen) atoms. The largest absolute Gasteiger partial charge is 0.340 e. The molecule has 1 N–H and O–H groups in total. The maximum atomic E-state index is 5.06. The zero-order chi connectivity index (χ0) is 14.7. The van der Waals surface area contributed by atoms with E-state index in [4.69, 9.17) is 4.52 Å². The van der Waals surface area contributed by atoms with E-state index in [1.54, 1.807) is 0 Å². The second-order valence-corrected chi connectivity index (χ2v) is 5.80. The minimum absolute atomic E-state index is 0.469. The number of aryl methyl sites for hydroxylation is 1. The Balaban J connectivity index is 1.61. The molecule has 1 aliphatic rings. The quantitative estimate of drug-likeness (QED) is 0.928. The van der Waals surface area contributed by atoms with Gasteiger partial charge in [0.15, 0.2) is 5.82 Å². The summed E-state index contributed by atoms with van der Waals surface area (Å²) in [6.07, 6.45) is 1.05. The number of hydrogen-bond donors (Lipinski definition) is 1. The molecule has 1 aliphatic heterocycles. The van der Waals surface area contributed by atoms with Crippen molar-refractivity contribution < 1.29 is 4.52 Å². The lowest BCUT2D eigenvalue weighted by molar-refractivity contribution is 0.128. The molecule has 1 saturated heterocycles. The van der Waals surface area contributed by atoms with Crippen LogP contribution in [-0.2, 0) is 13.0 Å². The molecule has 3 rings (SSSR count). The minimum Gasteiger partial charge on any atom is -0.340 e. The molecule has 0 spiro atoms. The number of benzene rings is 1. The molecule has 0 amide bonds. The average Bonchev–Trinajstić information content (AvgIpc) is 2.89. The number of aromatic nitrogens is 2. The highest BCUT2D eigenvalue weighted by atomic mass is 16.5. The summed E-state index contributed by atoms with van der Waals surface area (Å²) in [5.74, 6) is 1.41. The Labute approximate surface area is 125 Å². The van der Waals surface area contributed by atoms with E-state index >= 15 is 0 Å². The first kappa shape index (κ1) is 14.2. The Morgan fingerprint density at radius 3 is 2.86 bits per heavy atom. The van der Waals surface area contributed by atoms with Gasteiger partial charge in [-0.2, -0.15) is 4.98 Å². The molecule has 0 bridgehead atoms. The van der Waals surface area contributed by atoms with Crippen molar-refractivity contribution in [2.45, 2.75) is 38.9 Å². The van der Waals surface area contributed by atoms with E-state index in [1.165, 1.54) is 5.56 Å². The maximum Gasteiger partial charge on any atom is 0.223 e. The molecule has 5 nitrogen and oxygen atoms in total. The molecular weight excluding hydrogens is 264 g/mol. The molecule has 0 aliphatic carbocycles. The summed E-state index contributed by atoms with van der Waals surface area (Å²) in [7, 11) is 0. The number of rotatable bonds is 4. The third-order valence-corrected chi connectivity index (χ3v) is 4.02. The first-order valence-corrected chi connectivity index (χ1v) is 7.51. The second kappa shape index (κ2) is 6.37. The molecule has 0 radical (unpaired) electrons. The van der Waals surface area contributed by atoms with Gasteiger partial charge in [0, 0.05) is 32.1 Å². The van der Waals surface area contributed by atoms with Crippen LogP contribution in [0.1, 0.15) is 24.2 Å². The second-order valence-electron chi connectivity index (χ2n) is 5.80. The molecular formula is C16H22N4O. The molecule has 1 fully saturated rings. The summed E-state index contributed by atoms with van der Waals surface area (Å²) in [5, 5.41) is 7.64. The van der Waals surface area contributed by atoms with Crippen molar-refractivity contribution in [2.75, 3.05) is 13.1 Å². The fourth-order valence-corrected chi connectivity index (χ4v) is 2.84. The predicted octanol–water partition coefficient (Wildman–Crippen LogP) is 1.78. The molecule has 1 aromatic heterocycles. The van der Waals surface area contributed by atoms with Crippen LogP contribution in [-0.4, -0.2) is 40.2 Å². The van der Waals surface area contributed by atoms with E-state index in [0.29, 0.717) is 18.0 Å². The van der Waals surface area contributed by atoms with Gasteiger partial charge < -0.3 is 9.84 Å². The Hall–Kier alpha value is -1.72. The van der Waals surface area contributed by atoms with Gasteiger partial charge in [0.25, 0.3) is 0 Å². The van der Waals surface area contributed by atoms with Gasteiger partial charge in [0.05, 0.1) is 6.54 Å². The number of piperazine rings is 1. The van der Waals surface area contributed by atoms with Gasteiger partial charge in [-0.1, -0.05) is 35.5 Å². The van der Waals surface area contributed by atoms with E-state index in [9.17, 15) is 0 Å². The van der Waals surface area contributed by atoms with Gasteiger partial charge in [0.1, 0.15) is 0 Å². The molecule has 112 valence electrons. The van der Waals surface area contributed by atoms with Crippen LogP contribution in [0.25, 0.3) is 0 Å². The smallest absolute Gasteiger partial charge is 0.223 e. The van der Waals surface area contributed by atoms with Gasteiger partial charge in [0.2, 0.25) is 5.89 Å². The third-order valence-electron chi connectivity index (χ3n) is 4.02. The van der Waals surface area contributed by atoms with Crippen molar-refractivity contribution in [1.82, 2.24) is 20.4 Å². The van der Waals surface area contributed by atoms with Gasteiger partial charge in [-0.15, -0.1) is 0 Å². The Bertz CT molecular complexity index is 569. The van der Waals surface area contributed by atoms with Crippen molar-refractivity contribution in [3.05, 3.63) is 47.6 Å². The fraction of sp³-hybridized carbons (Fsp3) is 0.500. The van der Waals surface area contributed by atoms with Crippen LogP contribution >= 0.6 is 0 Å². The first-order chi connectivity index (χ1) is 10.2. The Morgan fingerprint density at radius 1 is 1.33 bits per heavy atom. The highest BCUT2D eigenvalue weighted by molar-refractivity contribution is 5.16. The molecule has 2 aromatic rings. The topological polar surface area (TPSA) is 54.2 Å². The highest BCUT2D eigenvalue weighted by Crippen LogP contribution is 2.13. The molecule has 1 aromatic carbocycles. The van der Waals surface area contributed by atoms with E-state index in [-0.39, 0.29) is 0 Å². The van der Waals surface area contributed by atoms with E-state index in [0.717, 1.165) is 31.9 Å². The zero-order valence-corrected chi connectivity index (χ0v) is 12.6.